The van der Waals surface area contributed by atoms with Crippen molar-refractivity contribution in [2.75, 3.05) is 0 Å². The number of thioether (sulfide) groups is 1. The molecule has 4 nitrogen and oxygen atoms in total. The first-order chi connectivity index (χ1) is 15.4. The van der Waals surface area contributed by atoms with E-state index in [9.17, 15) is 9.59 Å². The zero-order valence-corrected chi connectivity index (χ0v) is 21.2. The highest BCUT2D eigenvalue weighted by Crippen LogP contribution is 2.38. The van der Waals surface area contributed by atoms with Gasteiger partial charge in [0.1, 0.15) is 12.4 Å². The fourth-order valence-electron chi connectivity index (χ4n) is 3.28. The van der Waals surface area contributed by atoms with Crippen molar-refractivity contribution >= 4 is 60.8 Å². The van der Waals surface area contributed by atoms with Gasteiger partial charge in [0, 0.05) is 0 Å². The van der Waals surface area contributed by atoms with Gasteiger partial charge < -0.3 is 4.74 Å². The molecule has 0 bridgehead atoms. The number of imide groups is 1. The third-order valence-corrected chi connectivity index (χ3v) is 7.09. The highest BCUT2D eigenvalue weighted by molar-refractivity contribution is 9.11. The maximum absolute atomic E-state index is 12.9. The second kappa shape index (κ2) is 10.1. The largest absolute Gasteiger partial charge is 0.487 e. The fraction of sp³-hybridized carbons (Fsp3) is 0.120. The predicted molar refractivity (Wildman–Crippen MR) is 135 cm³/mol. The van der Waals surface area contributed by atoms with Crippen molar-refractivity contribution < 1.29 is 14.3 Å². The number of nitrogens with zero attached hydrogens (tertiary/aromatic N) is 1. The molecule has 1 aliphatic heterocycles. The van der Waals surface area contributed by atoms with Crippen LogP contribution in [-0.2, 0) is 17.9 Å². The topological polar surface area (TPSA) is 46.6 Å². The van der Waals surface area contributed by atoms with Crippen molar-refractivity contribution in [1.29, 1.82) is 0 Å². The molecule has 4 rings (SSSR count). The number of carbonyl (C=O) groups excluding carboxylic acids is 2. The molecule has 1 saturated heterocycles. The number of amides is 2. The number of aryl methyl sites for hydroxylation is 1. The Hall–Kier alpha value is -2.35. The van der Waals surface area contributed by atoms with Gasteiger partial charge in [-0.25, -0.2) is 0 Å². The van der Waals surface area contributed by atoms with Crippen molar-refractivity contribution in [2.24, 2.45) is 0 Å². The van der Waals surface area contributed by atoms with Crippen LogP contribution >= 0.6 is 43.6 Å². The lowest BCUT2D eigenvalue weighted by atomic mass is 10.1. The standard InChI is InChI=1S/C25H19Br2NO3S/c1-16-7-5-6-10-19(16)14-28-24(29)22(32-25(28)30)13-18-11-20(26)23(21(27)12-18)31-15-17-8-3-2-4-9-17/h2-13H,14-15H2,1H3/b22-13-. The Labute approximate surface area is 207 Å². The summed E-state index contributed by atoms with van der Waals surface area (Å²) in [4.78, 5) is 27.1. The number of benzene rings is 3. The number of ether oxygens (including phenoxy) is 1. The summed E-state index contributed by atoms with van der Waals surface area (Å²) in [6, 6.07) is 21.4. The minimum atomic E-state index is -0.278. The third kappa shape index (κ3) is 5.17. The second-order valence-corrected chi connectivity index (χ2v) is 9.98. The van der Waals surface area contributed by atoms with E-state index in [0.29, 0.717) is 17.3 Å². The minimum absolute atomic E-state index is 0.259. The molecule has 1 fully saturated rings. The summed E-state index contributed by atoms with van der Waals surface area (Å²) in [5.41, 5.74) is 3.87. The monoisotopic (exact) mass is 571 g/mol. The van der Waals surface area contributed by atoms with Gasteiger partial charge in [0.25, 0.3) is 11.1 Å². The lowest BCUT2D eigenvalue weighted by Gasteiger charge is -2.14. The Bertz CT molecular complexity index is 1190. The van der Waals surface area contributed by atoms with Gasteiger partial charge in [-0.05, 0) is 91.0 Å². The van der Waals surface area contributed by atoms with E-state index >= 15 is 0 Å². The molecule has 0 spiro atoms. The van der Waals surface area contributed by atoms with Crippen LogP contribution in [0.3, 0.4) is 0 Å². The van der Waals surface area contributed by atoms with Crippen molar-refractivity contribution in [3.63, 3.8) is 0 Å². The maximum atomic E-state index is 12.9. The van der Waals surface area contributed by atoms with E-state index in [0.717, 1.165) is 43.0 Å². The first-order valence-electron chi connectivity index (χ1n) is 9.88. The number of hydrogen-bond donors (Lipinski definition) is 0. The zero-order valence-electron chi connectivity index (χ0n) is 17.2. The molecular weight excluding hydrogens is 554 g/mol. The molecule has 0 N–H and O–H groups in total. The normalized spacial score (nSPS) is 15.0. The summed E-state index contributed by atoms with van der Waals surface area (Å²) < 4.78 is 7.48. The predicted octanol–water partition coefficient (Wildman–Crippen LogP) is 7.34. The smallest absolute Gasteiger partial charge is 0.293 e. The molecular formula is C25H19Br2NO3S. The SMILES string of the molecule is Cc1ccccc1CN1C(=O)S/C(=C\c2cc(Br)c(OCc3ccccc3)c(Br)c2)C1=O. The van der Waals surface area contributed by atoms with E-state index < -0.39 is 0 Å². The molecule has 0 atom stereocenters. The lowest BCUT2D eigenvalue weighted by Crippen LogP contribution is -2.27. The van der Waals surface area contributed by atoms with Crippen LogP contribution in [0, 0.1) is 6.92 Å². The Balaban J connectivity index is 1.51. The van der Waals surface area contributed by atoms with Gasteiger partial charge in [0.15, 0.2) is 0 Å². The average molecular weight is 573 g/mol. The summed E-state index contributed by atoms with van der Waals surface area (Å²) in [5.74, 6) is 0.401. The van der Waals surface area contributed by atoms with Gasteiger partial charge >= 0.3 is 0 Å². The van der Waals surface area contributed by atoms with Gasteiger partial charge in [-0.15, -0.1) is 0 Å². The number of carbonyl (C=O) groups is 2. The number of halogens is 2. The Morgan fingerprint density at radius 3 is 2.31 bits per heavy atom. The van der Waals surface area contributed by atoms with E-state index in [2.05, 4.69) is 31.9 Å². The van der Waals surface area contributed by atoms with Crippen LogP contribution in [0.25, 0.3) is 6.08 Å². The van der Waals surface area contributed by atoms with E-state index in [1.54, 1.807) is 6.08 Å². The molecule has 0 saturated carbocycles. The average Bonchev–Trinajstić information content (AvgIpc) is 3.02. The zero-order chi connectivity index (χ0) is 22.7. The maximum Gasteiger partial charge on any atom is 0.293 e. The van der Waals surface area contributed by atoms with Crippen LogP contribution in [0.15, 0.2) is 80.6 Å². The fourth-order valence-corrected chi connectivity index (χ4v) is 5.57. The minimum Gasteiger partial charge on any atom is -0.487 e. The number of rotatable bonds is 6. The molecule has 3 aromatic carbocycles. The van der Waals surface area contributed by atoms with Crippen molar-refractivity contribution in [2.45, 2.75) is 20.1 Å². The van der Waals surface area contributed by atoms with E-state index in [4.69, 9.17) is 4.74 Å². The van der Waals surface area contributed by atoms with Crippen LogP contribution in [-0.4, -0.2) is 16.0 Å². The van der Waals surface area contributed by atoms with Crippen molar-refractivity contribution in [3.8, 4) is 5.75 Å². The summed E-state index contributed by atoms with van der Waals surface area (Å²) in [5, 5.41) is -0.259. The molecule has 0 aromatic heterocycles. The first kappa shape index (κ1) is 22.8. The molecule has 3 aromatic rings. The molecule has 0 unspecified atom stereocenters. The molecule has 1 heterocycles. The first-order valence-corrected chi connectivity index (χ1v) is 12.3. The van der Waals surface area contributed by atoms with Gasteiger partial charge in [-0.1, -0.05) is 54.6 Å². The third-order valence-electron chi connectivity index (χ3n) is 5.01. The molecule has 7 heteroatoms. The molecule has 2 amide bonds. The van der Waals surface area contributed by atoms with Crippen LogP contribution in [0.5, 0.6) is 5.75 Å². The second-order valence-electron chi connectivity index (χ2n) is 7.28. The van der Waals surface area contributed by atoms with Crippen LogP contribution in [0.4, 0.5) is 4.79 Å². The Morgan fingerprint density at radius 2 is 1.62 bits per heavy atom. The van der Waals surface area contributed by atoms with E-state index in [1.807, 2.05) is 73.7 Å². The van der Waals surface area contributed by atoms with E-state index in [1.165, 1.54) is 4.90 Å². The van der Waals surface area contributed by atoms with E-state index in [-0.39, 0.29) is 17.7 Å². The molecule has 1 aliphatic rings. The van der Waals surface area contributed by atoms with Crippen molar-refractivity contribution in [1.82, 2.24) is 4.90 Å². The molecule has 32 heavy (non-hydrogen) atoms. The number of hydrogen-bond acceptors (Lipinski definition) is 4. The highest BCUT2D eigenvalue weighted by atomic mass is 79.9. The van der Waals surface area contributed by atoms with Gasteiger partial charge in [0.05, 0.1) is 20.4 Å². The van der Waals surface area contributed by atoms with Crippen molar-refractivity contribution in [3.05, 3.63) is 103 Å². The molecule has 162 valence electrons. The Kier molecular flexibility index (Phi) is 7.18. The highest BCUT2D eigenvalue weighted by Gasteiger charge is 2.35. The van der Waals surface area contributed by atoms with Crippen LogP contribution in [0.2, 0.25) is 0 Å². The van der Waals surface area contributed by atoms with Gasteiger partial charge in [-0.3, -0.25) is 14.5 Å². The Morgan fingerprint density at radius 1 is 0.969 bits per heavy atom. The summed E-state index contributed by atoms with van der Waals surface area (Å²) >= 11 is 8.08. The van der Waals surface area contributed by atoms with Crippen LogP contribution in [0.1, 0.15) is 22.3 Å². The lowest BCUT2D eigenvalue weighted by molar-refractivity contribution is -0.123. The van der Waals surface area contributed by atoms with Gasteiger partial charge in [-0.2, -0.15) is 0 Å². The quantitative estimate of drug-likeness (QED) is 0.290. The molecule has 0 aliphatic carbocycles. The van der Waals surface area contributed by atoms with Crippen LogP contribution < -0.4 is 4.74 Å². The van der Waals surface area contributed by atoms with Gasteiger partial charge in [0.2, 0.25) is 0 Å². The molecule has 0 radical (unpaired) electrons. The summed E-state index contributed by atoms with van der Waals surface area (Å²) in [6.45, 7) is 2.68. The summed E-state index contributed by atoms with van der Waals surface area (Å²) in [7, 11) is 0. The summed E-state index contributed by atoms with van der Waals surface area (Å²) in [6.07, 6.45) is 1.74.